The molecule has 0 heterocycles. The summed E-state index contributed by atoms with van der Waals surface area (Å²) in [6.45, 7) is 4.17. The van der Waals surface area contributed by atoms with Crippen LogP contribution in [-0.2, 0) is 0 Å². The first-order chi connectivity index (χ1) is 9.49. The zero-order valence-corrected chi connectivity index (χ0v) is 11.7. The number of carbonyl (C=O) groups excluding carboxylic acids is 1. The average molecular weight is 269 g/mol. The summed E-state index contributed by atoms with van der Waals surface area (Å²) in [6.07, 6.45) is 0. The van der Waals surface area contributed by atoms with Crippen LogP contribution >= 0.6 is 0 Å². The van der Waals surface area contributed by atoms with Crippen LogP contribution in [0.2, 0.25) is 0 Å². The third kappa shape index (κ3) is 2.91. The summed E-state index contributed by atoms with van der Waals surface area (Å²) in [4.78, 5) is 12.3. The summed E-state index contributed by atoms with van der Waals surface area (Å²) in [5, 5.41) is 2.91. The van der Waals surface area contributed by atoms with Crippen LogP contribution in [0.5, 0.6) is 0 Å². The maximum absolute atomic E-state index is 12.3. The van der Waals surface area contributed by atoms with Crippen molar-refractivity contribution in [3.05, 3.63) is 53.6 Å². The summed E-state index contributed by atoms with van der Waals surface area (Å²) < 4.78 is 0. The van der Waals surface area contributed by atoms with Gasteiger partial charge in [0.15, 0.2) is 0 Å². The lowest BCUT2D eigenvalue weighted by Gasteiger charge is -2.14. The van der Waals surface area contributed by atoms with Gasteiger partial charge in [0.05, 0.1) is 5.56 Å². The molecule has 0 aliphatic carbocycles. The van der Waals surface area contributed by atoms with E-state index in [2.05, 4.69) is 19.2 Å². The number of carbonyl (C=O) groups is 1. The Morgan fingerprint density at radius 2 is 1.80 bits per heavy atom. The lowest BCUT2D eigenvalue weighted by Crippen LogP contribution is -2.15. The molecular formula is C16H19N3O. The predicted octanol–water partition coefficient (Wildman–Crippen LogP) is 3.23. The first-order valence-corrected chi connectivity index (χ1v) is 6.54. The molecule has 104 valence electrons. The molecule has 0 saturated carbocycles. The van der Waals surface area contributed by atoms with Crippen molar-refractivity contribution >= 4 is 23.0 Å². The number of hydrogen-bond acceptors (Lipinski definition) is 3. The number of rotatable bonds is 3. The quantitative estimate of drug-likeness (QED) is 0.748. The Kier molecular flexibility index (Phi) is 3.94. The number of anilines is 3. The number of nitrogens with two attached hydrogens (primary N) is 2. The maximum atomic E-state index is 12.3. The van der Waals surface area contributed by atoms with Gasteiger partial charge in [-0.15, -0.1) is 0 Å². The number of amides is 1. The second-order valence-corrected chi connectivity index (χ2v) is 5.04. The summed E-state index contributed by atoms with van der Waals surface area (Å²) >= 11 is 0. The topological polar surface area (TPSA) is 81.1 Å². The Hall–Kier alpha value is -2.49. The van der Waals surface area contributed by atoms with Crippen LogP contribution in [0, 0.1) is 0 Å². The molecule has 1 amide bonds. The van der Waals surface area contributed by atoms with Gasteiger partial charge in [-0.05, 0) is 35.7 Å². The van der Waals surface area contributed by atoms with Gasteiger partial charge in [-0.2, -0.15) is 0 Å². The van der Waals surface area contributed by atoms with Gasteiger partial charge >= 0.3 is 0 Å². The molecule has 0 radical (unpaired) electrons. The smallest absolute Gasteiger partial charge is 0.257 e. The molecule has 0 aliphatic heterocycles. The van der Waals surface area contributed by atoms with E-state index in [1.54, 1.807) is 18.2 Å². The Labute approximate surface area is 118 Å². The minimum atomic E-state index is -0.226. The Morgan fingerprint density at radius 1 is 1.10 bits per heavy atom. The van der Waals surface area contributed by atoms with E-state index in [-0.39, 0.29) is 5.91 Å². The van der Waals surface area contributed by atoms with E-state index in [9.17, 15) is 4.79 Å². The minimum Gasteiger partial charge on any atom is -0.399 e. The van der Waals surface area contributed by atoms with Crippen LogP contribution in [0.4, 0.5) is 17.1 Å². The van der Waals surface area contributed by atoms with Gasteiger partial charge in [0.1, 0.15) is 0 Å². The summed E-state index contributed by atoms with van der Waals surface area (Å²) in [5.74, 6) is 0.103. The van der Waals surface area contributed by atoms with E-state index in [0.29, 0.717) is 22.9 Å². The van der Waals surface area contributed by atoms with Gasteiger partial charge in [0.2, 0.25) is 0 Å². The number of nitrogen functional groups attached to an aromatic ring is 2. The molecular weight excluding hydrogens is 250 g/mol. The highest BCUT2D eigenvalue weighted by Crippen LogP contribution is 2.25. The second kappa shape index (κ2) is 5.65. The number of nitrogens with one attached hydrogen (secondary N) is 1. The molecule has 0 aromatic heterocycles. The highest BCUT2D eigenvalue weighted by molar-refractivity contribution is 6.08. The zero-order valence-electron chi connectivity index (χ0n) is 11.7. The van der Waals surface area contributed by atoms with E-state index in [4.69, 9.17) is 11.5 Å². The molecule has 20 heavy (non-hydrogen) atoms. The van der Waals surface area contributed by atoms with Crippen LogP contribution in [0.25, 0.3) is 0 Å². The van der Waals surface area contributed by atoms with Gasteiger partial charge in [-0.3, -0.25) is 4.79 Å². The molecule has 4 heteroatoms. The third-order valence-corrected chi connectivity index (χ3v) is 3.15. The van der Waals surface area contributed by atoms with Gasteiger partial charge in [0, 0.05) is 17.1 Å². The highest BCUT2D eigenvalue weighted by atomic mass is 16.1. The minimum absolute atomic E-state index is 0.226. The summed E-state index contributed by atoms with van der Waals surface area (Å²) in [5.41, 5.74) is 14.7. The lowest BCUT2D eigenvalue weighted by atomic mass is 10.0. The summed E-state index contributed by atoms with van der Waals surface area (Å²) in [7, 11) is 0. The molecule has 5 N–H and O–H groups in total. The predicted molar refractivity (Wildman–Crippen MR) is 83.8 cm³/mol. The van der Waals surface area contributed by atoms with Crippen molar-refractivity contribution in [1.29, 1.82) is 0 Å². The molecule has 0 unspecified atom stereocenters. The fourth-order valence-electron chi connectivity index (χ4n) is 2.09. The van der Waals surface area contributed by atoms with Gasteiger partial charge in [-0.1, -0.05) is 32.0 Å². The van der Waals surface area contributed by atoms with E-state index in [0.717, 1.165) is 11.3 Å². The molecule has 0 atom stereocenters. The largest absolute Gasteiger partial charge is 0.399 e. The molecule has 2 rings (SSSR count). The molecule has 0 spiro atoms. The maximum Gasteiger partial charge on any atom is 0.257 e. The first kappa shape index (κ1) is 13.9. The fourth-order valence-corrected chi connectivity index (χ4v) is 2.09. The van der Waals surface area contributed by atoms with Gasteiger partial charge in [0.25, 0.3) is 5.91 Å². The SMILES string of the molecule is CC(C)c1ccccc1NC(=O)c1ccc(N)cc1N. The monoisotopic (exact) mass is 269 g/mol. The third-order valence-electron chi connectivity index (χ3n) is 3.15. The van der Waals surface area contributed by atoms with Crippen LogP contribution in [-0.4, -0.2) is 5.91 Å². The molecule has 0 fully saturated rings. The van der Waals surface area contributed by atoms with E-state index < -0.39 is 0 Å². The van der Waals surface area contributed by atoms with E-state index >= 15 is 0 Å². The molecule has 2 aromatic carbocycles. The second-order valence-electron chi connectivity index (χ2n) is 5.04. The van der Waals surface area contributed by atoms with Crippen molar-refractivity contribution in [3.8, 4) is 0 Å². The van der Waals surface area contributed by atoms with Crippen molar-refractivity contribution < 1.29 is 4.79 Å². The Balaban J connectivity index is 2.28. The Morgan fingerprint density at radius 3 is 2.45 bits per heavy atom. The Bertz CT molecular complexity index is 635. The van der Waals surface area contributed by atoms with Crippen molar-refractivity contribution in [2.45, 2.75) is 19.8 Å². The lowest BCUT2D eigenvalue weighted by molar-refractivity contribution is 0.102. The van der Waals surface area contributed by atoms with Crippen molar-refractivity contribution in [2.75, 3.05) is 16.8 Å². The molecule has 2 aromatic rings. The van der Waals surface area contributed by atoms with Crippen LogP contribution < -0.4 is 16.8 Å². The normalized spacial score (nSPS) is 10.6. The van der Waals surface area contributed by atoms with E-state index in [1.165, 1.54) is 0 Å². The average Bonchev–Trinajstić information content (AvgIpc) is 2.38. The standard InChI is InChI=1S/C16H19N3O/c1-10(2)12-5-3-4-6-15(12)19-16(20)13-8-7-11(17)9-14(13)18/h3-10H,17-18H2,1-2H3,(H,19,20). The number of benzene rings is 2. The first-order valence-electron chi connectivity index (χ1n) is 6.54. The number of hydrogen-bond donors (Lipinski definition) is 3. The highest BCUT2D eigenvalue weighted by Gasteiger charge is 2.13. The van der Waals surface area contributed by atoms with Gasteiger partial charge in [-0.25, -0.2) is 0 Å². The number of para-hydroxylation sites is 1. The molecule has 0 saturated heterocycles. The van der Waals surface area contributed by atoms with Crippen molar-refractivity contribution in [3.63, 3.8) is 0 Å². The zero-order chi connectivity index (χ0) is 14.7. The van der Waals surface area contributed by atoms with Crippen LogP contribution in [0.1, 0.15) is 35.7 Å². The molecule has 4 nitrogen and oxygen atoms in total. The summed E-state index contributed by atoms with van der Waals surface area (Å²) in [6, 6.07) is 12.6. The molecule has 0 aliphatic rings. The van der Waals surface area contributed by atoms with E-state index in [1.807, 2.05) is 24.3 Å². The van der Waals surface area contributed by atoms with Crippen LogP contribution in [0.15, 0.2) is 42.5 Å². The van der Waals surface area contributed by atoms with Crippen molar-refractivity contribution in [1.82, 2.24) is 0 Å². The van der Waals surface area contributed by atoms with Crippen molar-refractivity contribution in [2.24, 2.45) is 0 Å². The van der Waals surface area contributed by atoms with Crippen LogP contribution in [0.3, 0.4) is 0 Å². The fraction of sp³-hybridized carbons (Fsp3) is 0.188. The van der Waals surface area contributed by atoms with Gasteiger partial charge < -0.3 is 16.8 Å². The molecule has 0 bridgehead atoms.